The van der Waals surface area contributed by atoms with Crippen LogP contribution >= 0.6 is 0 Å². The molecule has 0 spiro atoms. The second kappa shape index (κ2) is 8.51. The number of likely N-dealkylation sites (tertiary alicyclic amines) is 1. The molecule has 3 heterocycles. The van der Waals surface area contributed by atoms with Gasteiger partial charge in [0, 0.05) is 11.9 Å². The summed E-state index contributed by atoms with van der Waals surface area (Å²) in [7, 11) is 1.70. The third-order valence-corrected chi connectivity index (χ3v) is 6.07. The zero-order valence-electron chi connectivity index (χ0n) is 18.1. The summed E-state index contributed by atoms with van der Waals surface area (Å²) in [6.45, 7) is 4.88. The number of anilines is 1. The molecule has 1 atom stereocenters. The Morgan fingerprint density at radius 1 is 1.00 bits per heavy atom. The summed E-state index contributed by atoms with van der Waals surface area (Å²) >= 11 is 0. The standard InChI is InChI=1S/C24H28N6O/c1-17-26-23-20-8-4-5-9-21(20)27-24(30(23)28-17)25-16-22(29-14-6-3-7-15-29)18-10-12-19(31-2)13-11-18/h4-5,8-13,22H,3,6-7,14-16H2,1-2H3,(H,25,27). The monoisotopic (exact) mass is 416 g/mol. The molecule has 4 aromatic rings. The van der Waals surface area contributed by atoms with Crippen LogP contribution in [0.5, 0.6) is 5.75 Å². The van der Waals surface area contributed by atoms with E-state index in [1.165, 1.54) is 24.8 Å². The quantitative estimate of drug-likeness (QED) is 0.507. The van der Waals surface area contributed by atoms with Crippen molar-refractivity contribution in [3.05, 3.63) is 59.9 Å². The average Bonchev–Trinajstić information content (AvgIpc) is 3.22. The molecule has 31 heavy (non-hydrogen) atoms. The van der Waals surface area contributed by atoms with Crippen LogP contribution in [-0.4, -0.2) is 51.2 Å². The number of para-hydroxylation sites is 1. The van der Waals surface area contributed by atoms with Crippen LogP contribution in [0.15, 0.2) is 48.5 Å². The van der Waals surface area contributed by atoms with Crippen LogP contribution in [0.3, 0.4) is 0 Å². The first-order valence-electron chi connectivity index (χ1n) is 11.0. The van der Waals surface area contributed by atoms with Crippen molar-refractivity contribution in [1.29, 1.82) is 0 Å². The largest absolute Gasteiger partial charge is 0.497 e. The number of hydrogen-bond donors (Lipinski definition) is 1. The maximum absolute atomic E-state index is 5.36. The number of fused-ring (bicyclic) bond motifs is 3. The van der Waals surface area contributed by atoms with E-state index in [1.54, 1.807) is 7.11 Å². The molecule has 1 unspecified atom stereocenters. The maximum atomic E-state index is 5.36. The number of nitrogens with zero attached hydrogens (tertiary/aromatic N) is 5. The molecule has 1 aliphatic heterocycles. The van der Waals surface area contributed by atoms with Gasteiger partial charge >= 0.3 is 0 Å². The molecule has 1 N–H and O–H groups in total. The Morgan fingerprint density at radius 3 is 2.55 bits per heavy atom. The summed E-state index contributed by atoms with van der Waals surface area (Å²) in [4.78, 5) is 12.1. The van der Waals surface area contributed by atoms with Gasteiger partial charge in [0.15, 0.2) is 5.65 Å². The van der Waals surface area contributed by atoms with Crippen molar-refractivity contribution in [3.63, 3.8) is 0 Å². The molecule has 7 heteroatoms. The number of aryl methyl sites for hydroxylation is 1. The highest BCUT2D eigenvalue weighted by molar-refractivity contribution is 5.92. The van der Waals surface area contributed by atoms with Gasteiger partial charge < -0.3 is 10.1 Å². The zero-order valence-corrected chi connectivity index (χ0v) is 18.1. The Morgan fingerprint density at radius 2 is 1.77 bits per heavy atom. The molecule has 0 amide bonds. The number of nitrogens with one attached hydrogen (secondary N) is 1. The van der Waals surface area contributed by atoms with E-state index in [4.69, 9.17) is 9.72 Å². The van der Waals surface area contributed by atoms with Crippen LogP contribution in [0.4, 0.5) is 5.95 Å². The van der Waals surface area contributed by atoms with Gasteiger partial charge in [0.1, 0.15) is 11.6 Å². The molecule has 2 aromatic carbocycles. The first-order chi connectivity index (χ1) is 15.2. The van der Waals surface area contributed by atoms with Gasteiger partial charge in [-0.15, -0.1) is 5.10 Å². The van der Waals surface area contributed by atoms with Crippen molar-refractivity contribution >= 4 is 22.5 Å². The van der Waals surface area contributed by atoms with Crippen molar-refractivity contribution < 1.29 is 4.74 Å². The lowest BCUT2D eigenvalue weighted by molar-refractivity contribution is 0.170. The molecule has 0 radical (unpaired) electrons. The van der Waals surface area contributed by atoms with Crippen LogP contribution in [0.25, 0.3) is 16.6 Å². The molecule has 5 rings (SSSR count). The summed E-state index contributed by atoms with van der Waals surface area (Å²) in [6, 6.07) is 16.8. The number of piperidine rings is 1. The fourth-order valence-corrected chi connectivity index (χ4v) is 4.47. The molecule has 0 bridgehead atoms. The van der Waals surface area contributed by atoms with Crippen LogP contribution < -0.4 is 10.1 Å². The summed E-state index contributed by atoms with van der Waals surface area (Å²) in [6.07, 6.45) is 3.80. The Hall–Kier alpha value is -3.19. The van der Waals surface area contributed by atoms with Crippen LogP contribution in [0, 0.1) is 6.92 Å². The molecule has 0 aliphatic carbocycles. The maximum Gasteiger partial charge on any atom is 0.226 e. The topological polar surface area (TPSA) is 67.6 Å². The van der Waals surface area contributed by atoms with Crippen molar-refractivity contribution in [3.8, 4) is 5.75 Å². The van der Waals surface area contributed by atoms with Gasteiger partial charge in [0.25, 0.3) is 0 Å². The Kier molecular flexibility index (Phi) is 5.42. The molecule has 1 aliphatic rings. The van der Waals surface area contributed by atoms with Gasteiger partial charge in [-0.1, -0.05) is 30.7 Å². The van der Waals surface area contributed by atoms with E-state index >= 15 is 0 Å². The third-order valence-electron chi connectivity index (χ3n) is 6.07. The lowest BCUT2D eigenvalue weighted by Crippen LogP contribution is -2.37. The number of hydrogen-bond acceptors (Lipinski definition) is 6. The summed E-state index contributed by atoms with van der Waals surface area (Å²) in [5.74, 6) is 2.35. The van der Waals surface area contributed by atoms with E-state index in [0.29, 0.717) is 0 Å². The molecule has 7 nitrogen and oxygen atoms in total. The summed E-state index contributed by atoms with van der Waals surface area (Å²) < 4.78 is 7.19. The summed E-state index contributed by atoms with van der Waals surface area (Å²) in [5.41, 5.74) is 3.04. The van der Waals surface area contributed by atoms with E-state index in [1.807, 2.05) is 47.8 Å². The van der Waals surface area contributed by atoms with Crippen LogP contribution in [-0.2, 0) is 0 Å². The van der Waals surface area contributed by atoms with Gasteiger partial charge in [-0.05, 0) is 62.7 Å². The SMILES string of the molecule is COc1ccc(C(CNc2nc3ccccc3c3nc(C)nn23)N2CCCCC2)cc1. The molecule has 0 saturated carbocycles. The van der Waals surface area contributed by atoms with E-state index < -0.39 is 0 Å². The lowest BCUT2D eigenvalue weighted by Gasteiger charge is -2.35. The van der Waals surface area contributed by atoms with Gasteiger partial charge in [0.05, 0.1) is 18.7 Å². The number of rotatable bonds is 6. The predicted molar refractivity (Wildman–Crippen MR) is 123 cm³/mol. The van der Waals surface area contributed by atoms with Crippen molar-refractivity contribution in [2.24, 2.45) is 0 Å². The smallest absolute Gasteiger partial charge is 0.226 e. The van der Waals surface area contributed by atoms with Gasteiger partial charge in [-0.25, -0.2) is 9.97 Å². The first kappa shape index (κ1) is 19.8. The highest BCUT2D eigenvalue weighted by Gasteiger charge is 2.23. The van der Waals surface area contributed by atoms with E-state index in [0.717, 1.165) is 53.7 Å². The van der Waals surface area contributed by atoms with Crippen molar-refractivity contribution in [1.82, 2.24) is 24.5 Å². The Balaban J connectivity index is 1.48. The number of methoxy groups -OCH3 is 1. The lowest BCUT2D eigenvalue weighted by atomic mass is 10.0. The molecular weight excluding hydrogens is 388 g/mol. The Bertz CT molecular complexity index is 1180. The van der Waals surface area contributed by atoms with E-state index in [9.17, 15) is 0 Å². The first-order valence-corrected chi connectivity index (χ1v) is 11.0. The number of aromatic nitrogens is 4. The predicted octanol–water partition coefficient (Wildman–Crippen LogP) is 4.23. The molecule has 1 saturated heterocycles. The summed E-state index contributed by atoms with van der Waals surface area (Å²) in [5, 5.41) is 9.20. The number of ether oxygens (including phenoxy) is 1. The highest BCUT2D eigenvalue weighted by atomic mass is 16.5. The minimum atomic E-state index is 0.249. The number of benzene rings is 2. The minimum Gasteiger partial charge on any atom is -0.497 e. The zero-order chi connectivity index (χ0) is 21.2. The van der Waals surface area contributed by atoms with Gasteiger partial charge in [0.2, 0.25) is 5.95 Å². The van der Waals surface area contributed by atoms with Gasteiger partial charge in [-0.3, -0.25) is 4.90 Å². The average molecular weight is 417 g/mol. The second-order valence-corrected chi connectivity index (χ2v) is 8.11. The molecule has 2 aromatic heterocycles. The molecule has 1 fully saturated rings. The fraction of sp³-hybridized carbons (Fsp3) is 0.375. The van der Waals surface area contributed by atoms with Crippen LogP contribution in [0.1, 0.15) is 36.7 Å². The minimum absolute atomic E-state index is 0.249. The van der Waals surface area contributed by atoms with E-state index in [2.05, 4.69) is 32.4 Å². The van der Waals surface area contributed by atoms with Crippen molar-refractivity contribution in [2.75, 3.05) is 32.1 Å². The third kappa shape index (κ3) is 3.93. The van der Waals surface area contributed by atoms with Crippen molar-refractivity contribution in [2.45, 2.75) is 32.2 Å². The fourth-order valence-electron chi connectivity index (χ4n) is 4.47. The Labute approximate surface area is 182 Å². The second-order valence-electron chi connectivity index (χ2n) is 8.11. The molecule has 160 valence electrons. The van der Waals surface area contributed by atoms with Gasteiger partial charge in [-0.2, -0.15) is 4.52 Å². The van der Waals surface area contributed by atoms with E-state index in [-0.39, 0.29) is 6.04 Å². The molecular formula is C24H28N6O. The highest BCUT2D eigenvalue weighted by Crippen LogP contribution is 2.27. The normalized spacial score (nSPS) is 15.9. The van der Waals surface area contributed by atoms with Crippen LogP contribution in [0.2, 0.25) is 0 Å².